The highest BCUT2D eigenvalue weighted by Crippen LogP contribution is 2.57. The van der Waals surface area contributed by atoms with Gasteiger partial charge in [0.1, 0.15) is 10.7 Å². The molecule has 8 heteroatoms. The Balaban J connectivity index is 1.06. The summed E-state index contributed by atoms with van der Waals surface area (Å²) in [6, 6.07) is 6.74. The fourth-order valence-electron chi connectivity index (χ4n) is 7.05. The van der Waals surface area contributed by atoms with Crippen LogP contribution in [0.25, 0.3) is 0 Å². The van der Waals surface area contributed by atoms with Gasteiger partial charge in [-0.3, -0.25) is 4.79 Å². The molecule has 0 atom stereocenters. The van der Waals surface area contributed by atoms with Crippen molar-refractivity contribution in [1.29, 1.82) is 0 Å². The molecule has 7 nitrogen and oxygen atoms in total. The average molecular weight is 488 g/mol. The van der Waals surface area contributed by atoms with E-state index in [4.69, 9.17) is 4.74 Å². The lowest BCUT2D eigenvalue weighted by Gasteiger charge is -2.56. The van der Waals surface area contributed by atoms with E-state index in [-0.39, 0.29) is 16.4 Å². The Hall–Kier alpha value is -1.93. The van der Waals surface area contributed by atoms with E-state index in [1.54, 1.807) is 24.3 Å². The zero-order valence-corrected chi connectivity index (χ0v) is 21.1. The topological polar surface area (TPSA) is 96.9 Å². The molecule has 186 valence electrons. The quantitative estimate of drug-likeness (QED) is 0.500. The number of carbonyl (C=O) groups excluding carboxylic acids is 1. The van der Waals surface area contributed by atoms with Crippen LogP contribution in [0.3, 0.4) is 0 Å². The van der Waals surface area contributed by atoms with Gasteiger partial charge in [0.15, 0.2) is 0 Å². The lowest BCUT2D eigenvalue weighted by molar-refractivity contribution is -0.162. The summed E-state index contributed by atoms with van der Waals surface area (Å²) < 4.78 is 35.3. The van der Waals surface area contributed by atoms with Crippen LogP contribution in [0.2, 0.25) is 0 Å². The van der Waals surface area contributed by atoms with Crippen molar-refractivity contribution in [2.45, 2.75) is 82.1 Å². The summed E-state index contributed by atoms with van der Waals surface area (Å²) in [5.41, 5.74) is 0.215. The second-order valence-electron chi connectivity index (χ2n) is 11.8. The number of anilines is 1. The molecule has 6 rings (SSSR count). The van der Waals surface area contributed by atoms with Gasteiger partial charge in [0.05, 0.1) is 11.3 Å². The number of benzene rings is 1. The maximum absolute atomic E-state index is 12.6. The SMILES string of the molecule is CC(C)(CC(=O)NCCCOC12CC3CC(CC(C3)C1)C2)CC1=NS(=O)(=O)c2ccccc2N1. The summed E-state index contributed by atoms with van der Waals surface area (Å²) in [4.78, 5) is 12.8. The van der Waals surface area contributed by atoms with E-state index in [0.717, 1.165) is 24.2 Å². The van der Waals surface area contributed by atoms with Crippen molar-refractivity contribution in [2.24, 2.45) is 27.6 Å². The first kappa shape index (κ1) is 23.8. The van der Waals surface area contributed by atoms with Crippen molar-refractivity contribution in [3.05, 3.63) is 24.3 Å². The molecular weight excluding hydrogens is 450 g/mol. The predicted molar refractivity (Wildman–Crippen MR) is 132 cm³/mol. The molecule has 34 heavy (non-hydrogen) atoms. The van der Waals surface area contributed by atoms with Gasteiger partial charge in [-0.2, -0.15) is 8.42 Å². The molecule has 0 radical (unpaired) electrons. The van der Waals surface area contributed by atoms with Crippen LogP contribution in [0, 0.1) is 23.2 Å². The number of amides is 1. The monoisotopic (exact) mass is 487 g/mol. The first-order valence-electron chi connectivity index (χ1n) is 12.7. The van der Waals surface area contributed by atoms with E-state index in [1.807, 2.05) is 13.8 Å². The number of sulfonamides is 1. The smallest absolute Gasteiger partial charge is 0.286 e. The lowest BCUT2D eigenvalue weighted by atomic mass is 9.54. The number of rotatable bonds is 9. The standard InChI is InChI=1S/C26H37N3O4S/c1-25(2,16-23-28-21-6-3-4-7-22(21)34(31,32)29-23)17-24(30)27-8-5-9-33-26-13-18-10-19(14-26)12-20(11-18)15-26/h3-4,6-7,18-20H,5,8-17H2,1-2H3,(H,27,30)(H,28,29). The van der Waals surface area contributed by atoms with Gasteiger partial charge >= 0.3 is 0 Å². The lowest BCUT2D eigenvalue weighted by Crippen LogP contribution is -2.52. The summed E-state index contributed by atoms with van der Waals surface area (Å²) in [5, 5.41) is 6.14. The number of carbonyl (C=O) groups is 1. The Labute approximate surface area is 203 Å². The van der Waals surface area contributed by atoms with Crippen molar-refractivity contribution < 1.29 is 17.9 Å². The van der Waals surface area contributed by atoms with Crippen molar-refractivity contribution in [1.82, 2.24) is 5.32 Å². The Kier molecular flexibility index (Phi) is 6.25. The molecule has 1 aliphatic heterocycles. The van der Waals surface area contributed by atoms with Gasteiger partial charge in [0.2, 0.25) is 5.91 Å². The largest absolute Gasteiger partial charge is 0.375 e. The van der Waals surface area contributed by atoms with E-state index in [1.165, 1.54) is 38.5 Å². The molecule has 0 spiro atoms. The van der Waals surface area contributed by atoms with E-state index >= 15 is 0 Å². The van der Waals surface area contributed by atoms with Gasteiger partial charge in [-0.15, -0.1) is 4.40 Å². The molecule has 1 amide bonds. The fraction of sp³-hybridized carbons (Fsp3) is 0.692. The van der Waals surface area contributed by atoms with Crippen LogP contribution >= 0.6 is 0 Å². The van der Waals surface area contributed by atoms with Gasteiger partial charge in [0, 0.05) is 26.0 Å². The van der Waals surface area contributed by atoms with Crippen LogP contribution in [0.5, 0.6) is 0 Å². The maximum atomic E-state index is 12.6. The predicted octanol–water partition coefficient (Wildman–Crippen LogP) is 4.50. The molecule has 4 saturated carbocycles. The maximum Gasteiger partial charge on any atom is 0.286 e. The average Bonchev–Trinajstić information content (AvgIpc) is 2.71. The molecule has 1 heterocycles. The zero-order valence-electron chi connectivity index (χ0n) is 20.3. The number of amidine groups is 1. The van der Waals surface area contributed by atoms with E-state index in [9.17, 15) is 13.2 Å². The minimum absolute atomic E-state index is 0.0283. The van der Waals surface area contributed by atoms with Gasteiger partial charge in [-0.1, -0.05) is 26.0 Å². The third-order valence-corrected chi connectivity index (χ3v) is 9.37. The van der Waals surface area contributed by atoms with Gasteiger partial charge in [-0.05, 0) is 80.2 Å². The highest BCUT2D eigenvalue weighted by Gasteiger charge is 2.51. The molecule has 0 saturated heterocycles. The molecule has 0 unspecified atom stereocenters. The second-order valence-corrected chi connectivity index (χ2v) is 13.4. The number of nitrogens with zero attached hydrogens (tertiary/aromatic N) is 1. The molecule has 2 N–H and O–H groups in total. The molecule has 5 aliphatic rings. The highest BCUT2D eigenvalue weighted by atomic mass is 32.2. The highest BCUT2D eigenvalue weighted by molar-refractivity contribution is 7.90. The van der Waals surface area contributed by atoms with Crippen molar-refractivity contribution in [3.8, 4) is 0 Å². The van der Waals surface area contributed by atoms with Crippen LogP contribution in [0.4, 0.5) is 5.69 Å². The molecule has 4 bridgehead atoms. The summed E-state index contributed by atoms with van der Waals surface area (Å²) in [7, 11) is -3.72. The fourth-order valence-corrected chi connectivity index (χ4v) is 8.20. The van der Waals surface area contributed by atoms with E-state index in [0.29, 0.717) is 37.5 Å². The zero-order chi connectivity index (χ0) is 24.0. The molecule has 1 aromatic carbocycles. The van der Waals surface area contributed by atoms with Gasteiger partial charge < -0.3 is 15.4 Å². The van der Waals surface area contributed by atoms with Crippen LogP contribution in [0.15, 0.2) is 33.6 Å². The van der Waals surface area contributed by atoms with Crippen LogP contribution in [0.1, 0.15) is 71.6 Å². The number of fused-ring (bicyclic) bond motifs is 1. The third kappa shape index (κ3) is 5.18. The number of nitrogens with one attached hydrogen (secondary N) is 2. The molecule has 0 aromatic heterocycles. The van der Waals surface area contributed by atoms with E-state index in [2.05, 4.69) is 15.0 Å². The first-order valence-corrected chi connectivity index (χ1v) is 14.2. The molecule has 4 fully saturated rings. The van der Waals surface area contributed by atoms with Gasteiger partial charge in [0.25, 0.3) is 10.0 Å². The normalized spacial score (nSPS) is 30.9. The Morgan fingerprint density at radius 2 is 1.79 bits per heavy atom. The minimum atomic E-state index is -3.72. The van der Waals surface area contributed by atoms with Crippen molar-refractivity contribution in [2.75, 3.05) is 18.5 Å². The van der Waals surface area contributed by atoms with Crippen molar-refractivity contribution in [3.63, 3.8) is 0 Å². The number of hydrogen-bond donors (Lipinski definition) is 2. The van der Waals surface area contributed by atoms with Crippen LogP contribution in [-0.4, -0.2) is 38.9 Å². The second kappa shape index (κ2) is 8.94. The summed E-state index contributed by atoms with van der Waals surface area (Å²) in [6.07, 6.45) is 9.41. The minimum Gasteiger partial charge on any atom is -0.375 e. The first-order chi connectivity index (χ1) is 16.1. The number of ether oxygens (including phenoxy) is 1. The number of para-hydroxylation sites is 1. The number of hydrogen-bond acceptors (Lipinski definition) is 5. The Morgan fingerprint density at radius 3 is 2.47 bits per heavy atom. The molecule has 4 aliphatic carbocycles. The Morgan fingerprint density at radius 1 is 1.15 bits per heavy atom. The molecular formula is C26H37N3O4S. The van der Waals surface area contributed by atoms with Crippen LogP contribution in [-0.2, 0) is 19.6 Å². The third-order valence-electron chi connectivity index (χ3n) is 7.99. The summed E-state index contributed by atoms with van der Waals surface area (Å²) >= 11 is 0. The van der Waals surface area contributed by atoms with Gasteiger partial charge in [-0.25, -0.2) is 0 Å². The van der Waals surface area contributed by atoms with Crippen molar-refractivity contribution >= 4 is 27.5 Å². The molecule has 1 aromatic rings. The summed E-state index contributed by atoms with van der Waals surface area (Å²) in [5.74, 6) is 2.97. The van der Waals surface area contributed by atoms with E-state index < -0.39 is 15.4 Å². The Bertz CT molecular complexity index is 1040. The van der Waals surface area contributed by atoms with Crippen LogP contribution < -0.4 is 10.6 Å². The summed E-state index contributed by atoms with van der Waals surface area (Å²) in [6.45, 7) is 5.22.